The van der Waals surface area contributed by atoms with Gasteiger partial charge in [-0.15, -0.1) is 0 Å². The number of benzene rings is 3. The third-order valence-electron chi connectivity index (χ3n) is 6.38. The van der Waals surface area contributed by atoms with Gasteiger partial charge in [0.05, 0.1) is 12.6 Å². The Hall–Kier alpha value is -3.10. The van der Waals surface area contributed by atoms with E-state index in [1.807, 2.05) is 30.3 Å². The standard InChI is InChI=1S/C29H29ClN4O2S/c1-3-24(34(16-15-31)37-22-12-9-19(2)10-13-22)28-32-26-23-17-21(30)11-14-25(23)36-27(26)29(35)33(28)18-20-7-5-4-6-8-20/h4-14,17,24H,3,15-16,18,31H2,1-2H3. The lowest BCUT2D eigenvalue weighted by molar-refractivity contribution is 0.331. The van der Waals surface area contributed by atoms with Crippen molar-refractivity contribution >= 4 is 45.6 Å². The van der Waals surface area contributed by atoms with E-state index in [4.69, 9.17) is 26.7 Å². The number of aromatic nitrogens is 2. The molecule has 8 heteroatoms. The molecule has 0 radical (unpaired) electrons. The summed E-state index contributed by atoms with van der Waals surface area (Å²) >= 11 is 7.94. The van der Waals surface area contributed by atoms with Crippen molar-refractivity contribution in [1.82, 2.24) is 13.9 Å². The molecule has 0 saturated heterocycles. The molecule has 0 bridgehead atoms. The van der Waals surface area contributed by atoms with E-state index in [2.05, 4.69) is 42.4 Å². The molecule has 6 nitrogen and oxygen atoms in total. The van der Waals surface area contributed by atoms with Crippen LogP contribution >= 0.6 is 23.5 Å². The van der Waals surface area contributed by atoms with Crippen molar-refractivity contribution in [2.24, 2.45) is 5.73 Å². The molecule has 5 aromatic rings. The number of furan rings is 1. The molecule has 1 atom stereocenters. The minimum absolute atomic E-state index is 0.167. The Bertz CT molecular complexity index is 1580. The second-order valence-corrected chi connectivity index (χ2v) is 10.6. The van der Waals surface area contributed by atoms with Crippen molar-refractivity contribution in [2.75, 3.05) is 13.1 Å². The van der Waals surface area contributed by atoms with Gasteiger partial charge in [-0.25, -0.2) is 9.29 Å². The summed E-state index contributed by atoms with van der Waals surface area (Å²) < 4.78 is 9.98. The monoisotopic (exact) mass is 532 g/mol. The number of nitrogens with two attached hydrogens (primary N) is 1. The summed E-state index contributed by atoms with van der Waals surface area (Å²) in [4.78, 5) is 20.2. The van der Waals surface area contributed by atoms with Crippen LogP contribution in [0.2, 0.25) is 5.02 Å². The van der Waals surface area contributed by atoms with Crippen molar-refractivity contribution in [3.05, 3.63) is 105 Å². The predicted molar refractivity (Wildman–Crippen MR) is 152 cm³/mol. The molecule has 0 aliphatic carbocycles. The molecule has 0 aliphatic rings. The van der Waals surface area contributed by atoms with Crippen LogP contribution in [0.15, 0.2) is 86.9 Å². The van der Waals surface area contributed by atoms with Gasteiger partial charge in [0.15, 0.2) is 0 Å². The molecule has 37 heavy (non-hydrogen) atoms. The Balaban J connectivity index is 1.69. The lowest BCUT2D eigenvalue weighted by Gasteiger charge is -2.30. The SMILES string of the molecule is CCC(c1nc2c(oc3ccc(Cl)cc32)c(=O)n1Cc1ccccc1)N(CCN)Sc1ccc(C)cc1. The smallest absolute Gasteiger partial charge is 0.297 e. The zero-order valence-corrected chi connectivity index (χ0v) is 22.4. The highest BCUT2D eigenvalue weighted by Gasteiger charge is 2.27. The highest BCUT2D eigenvalue weighted by molar-refractivity contribution is 7.97. The summed E-state index contributed by atoms with van der Waals surface area (Å²) in [6.45, 7) is 5.68. The molecule has 0 spiro atoms. The molecule has 3 aromatic carbocycles. The van der Waals surface area contributed by atoms with Gasteiger partial charge < -0.3 is 10.2 Å². The molecule has 2 heterocycles. The van der Waals surface area contributed by atoms with E-state index in [-0.39, 0.29) is 17.2 Å². The number of nitrogens with zero attached hydrogens (tertiary/aromatic N) is 3. The van der Waals surface area contributed by atoms with Gasteiger partial charge in [0.25, 0.3) is 5.56 Å². The summed E-state index contributed by atoms with van der Waals surface area (Å²) in [6.07, 6.45) is 0.738. The van der Waals surface area contributed by atoms with Crippen LogP contribution < -0.4 is 11.3 Å². The van der Waals surface area contributed by atoms with Crippen molar-refractivity contribution in [2.45, 2.75) is 37.8 Å². The normalized spacial score (nSPS) is 12.6. The molecule has 5 rings (SSSR count). The Morgan fingerprint density at radius 2 is 1.86 bits per heavy atom. The summed E-state index contributed by atoms with van der Waals surface area (Å²) in [5.41, 5.74) is 9.44. The molecule has 0 saturated carbocycles. The van der Waals surface area contributed by atoms with Gasteiger partial charge in [-0.1, -0.05) is 66.6 Å². The Kier molecular flexibility index (Phi) is 7.67. The Morgan fingerprint density at radius 3 is 2.57 bits per heavy atom. The average molecular weight is 533 g/mol. The number of aryl methyl sites for hydroxylation is 1. The zero-order valence-electron chi connectivity index (χ0n) is 20.9. The number of halogens is 1. The van der Waals surface area contributed by atoms with E-state index in [1.54, 1.807) is 34.7 Å². The van der Waals surface area contributed by atoms with Crippen LogP contribution in [-0.2, 0) is 6.54 Å². The van der Waals surface area contributed by atoms with E-state index >= 15 is 0 Å². The Labute approximate surface area is 225 Å². The van der Waals surface area contributed by atoms with Crippen LogP contribution in [0.3, 0.4) is 0 Å². The maximum absolute atomic E-state index is 14.0. The highest BCUT2D eigenvalue weighted by Crippen LogP contribution is 2.35. The molecule has 0 fully saturated rings. The van der Waals surface area contributed by atoms with Gasteiger partial charge in [0.2, 0.25) is 5.58 Å². The summed E-state index contributed by atoms with van der Waals surface area (Å²) in [7, 11) is 0. The molecule has 0 amide bonds. The third-order valence-corrected chi connectivity index (χ3v) is 7.76. The first-order valence-corrected chi connectivity index (χ1v) is 13.5. The fourth-order valence-corrected chi connectivity index (χ4v) is 5.80. The minimum Gasteiger partial charge on any atom is -0.448 e. The van der Waals surface area contributed by atoms with Gasteiger partial charge in [-0.2, -0.15) is 0 Å². The van der Waals surface area contributed by atoms with Crippen LogP contribution in [-0.4, -0.2) is 26.9 Å². The van der Waals surface area contributed by atoms with E-state index < -0.39 is 0 Å². The Morgan fingerprint density at radius 1 is 1.11 bits per heavy atom. The molecule has 1 unspecified atom stereocenters. The number of rotatable bonds is 9. The number of hydrogen-bond donors (Lipinski definition) is 1. The fraction of sp³-hybridized carbons (Fsp3) is 0.241. The molecular formula is C29H29ClN4O2S. The van der Waals surface area contributed by atoms with Gasteiger partial charge in [0.1, 0.15) is 16.9 Å². The van der Waals surface area contributed by atoms with Crippen molar-refractivity contribution < 1.29 is 4.42 Å². The predicted octanol–water partition coefficient (Wildman–Crippen LogP) is 6.57. The molecule has 0 aliphatic heterocycles. The highest BCUT2D eigenvalue weighted by atomic mass is 35.5. The third kappa shape index (κ3) is 5.31. The van der Waals surface area contributed by atoms with Gasteiger partial charge >= 0.3 is 0 Å². The van der Waals surface area contributed by atoms with E-state index in [0.29, 0.717) is 41.6 Å². The maximum Gasteiger partial charge on any atom is 0.297 e. The summed E-state index contributed by atoms with van der Waals surface area (Å²) in [6, 6.07) is 23.5. The zero-order chi connectivity index (χ0) is 25.9. The second kappa shape index (κ2) is 11.1. The van der Waals surface area contributed by atoms with Gasteiger partial charge in [-0.05, 0) is 61.2 Å². The summed E-state index contributed by atoms with van der Waals surface area (Å²) in [5, 5.41) is 1.30. The van der Waals surface area contributed by atoms with Gasteiger partial charge in [0, 0.05) is 28.4 Å². The first kappa shape index (κ1) is 25.5. The second-order valence-electron chi connectivity index (χ2n) is 9.02. The minimum atomic E-state index is -0.206. The maximum atomic E-state index is 14.0. The van der Waals surface area contributed by atoms with Crippen LogP contribution in [0.4, 0.5) is 0 Å². The lowest BCUT2D eigenvalue weighted by atomic mass is 10.1. The lowest BCUT2D eigenvalue weighted by Crippen LogP contribution is -2.34. The van der Waals surface area contributed by atoms with Crippen LogP contribution in [0, 0.1) is 6.92 Å². The van der Waals surface area contributed by atoms with Crippen LogP contribution in [0.25, 0.3) is 22.1 Å². The molecule has 2 aromatic heterocycles. The molecule has 2 N–H and O–H groups in total. The van der Waals surface area contributed by atoms with Crippen LogP contribution in [0.1, 0.15) is 36.3 Å². The quantitative estimate of drug-likeness (QED) is 0.216. The first-order chi connectivity index (χ1) is 18.0. The fourth-order valence-electron chi connectivity index (χ4n) is 4.53. The topological polar surface area (TPSA) is 77.3 Å². The largest absolute Gasteiger partial charge is 0.448 e. The van der Waals surface area contributed by atoms with Crippen LogP contribution in [0.5, 0.6) is 0 Å². The number of fused-ring (bicyclic) bond motifs is 3. The molecule has 190 valence electrons. The van der Waals surface area contributed by atoms with Crippen molar-refractivity contribution in [3.63, 3.8) is 0 Å². The van der Waals surface area contributed by atoms with E-state index in [0.717, 1.165) is 22.3 Å². The van der Waals surface area contributed by atoms with Crippen molar-refractivity contribution in [3.8, 4) is 0 Å². The molecular weight excluding hydrogens is 504 g/mol. The first-order valence-electron chi connectivity index (χ1n) is 12.4. The van der Waals surface area contributed by atoms with E-state index in [1.165, 1.54) is 5.56 Å². The van der Waals surface area contributed by atoms with Gasteiger partial charge in [-0.3, -0.25) is 9.36 Å². The summed E-state index contributed by atoms with van der Waals surface area (Å²) in [5.74, 6) is 0.680. The van der Waals surface area contributed by atoms with Crippen molar-refractivity contribution in [1.29, 1.82) is 0 Å². The number of hydrogen-bond acceptors (Lipinski definition) is 6. The average Bonchev–Trinajstić information content (AvgIpc) is 3.26. The van der Waals surface area contributed by atoms with E-state index in [9.17, 15) is 4.79 Å².